The molecule has 0 saturated heterocycles. The number of nitrogens with zero attached hydrogens (tertiary/aromatic N) is 2. The summed E-state index contributed by atoms with van der Waals surface area (Å²) in [6, 6.07) is 7.24. The topological polar surface area (TPSA) is 46.9 Å². The Bertz CT molecular complexity index is 680. The third kappa shape index (κ3) is 2.93. The van der Waals surface area contributed by atoms with Crippen LogP contribution in [-0.4, -0.2) is 21.7 Å². The second kappa shape index (κ2) is 5.62. The number of halogens is 3. The highest BCUT2D eigenvalue weighted by molar-refractivity contribution is 5.88. The Morgan fingerprint density at radius 2 is 2.05 bits per heavy atom. The first kappa shape index (κ1) is 14.9. The lowest BCUT2D eigenvalue weighted by Crippen LogP contribution is -2.36. The smallest absolute Gasteiger partial charge is 0.273 e. The largest absolute Gasteiger partial charge is 0.391 e. The molecule has 2 atom stereocenters. The maximum absolute atomic E-state index is 12.8. The molecule has 1 aliphatic rings. The number of carbonyl (C=O) groups is 1. The first-order valence-electron chi connectivity index (χ1n) is 7.25. The van der Waals surface area contributed by atoms with Crippen LogP contribution in [0.3, 0.4) is 0 Å². The Kier molecular flexibility index (Phi) is 3.80. The van der Waals surface area contributed by atoms with Gasteiger partial charge in [0.05, 0.1) is 17.0 Å². The standard InChI is InChI=1S/C15H16F3N3O/c16-15(17,18)11-5-3-4-10(8-11)14(22)20-21-9-19-12-6-1-2-7-13(12)21/h1-2,6-7,9-11H,3-5,8H2,(H,20,22)/t10-,11-/m1/s1. The predicted octanol–water partition coefficient (Wildman–Crippen LogP) is 3.48. The van der Waals surface area contributed by atoms with Crippen molar-refractivity contribution in [2.24, 2.45) is 11.8 Å². The van der Waals surface area contributed by atoms with E-state index in [-0.39, 0.29) is 18.7 Å². The van der Waals surface area contributed by atoms with Gasteiger partial charge in [-0.05, 0) is 31.4 Å². The summed E-state index contributed by atoms with van der Waals surface area (Å²) in [7, 11) is 0. The highest BCUT2D eigenvalue weighted by Crippen LogP contribution is 2.40. The summed E-state index contributed by atoms with van der Waals surface area (Å²) in [5, 5.41) is 0. The van der Waals surface area contributed by atoms with Crippen molar-refractivity contribution in [2.45, 2.75) is 31.9 Å². The molecular formula is C15H16F3N3O. The van der Waals surface area contributed by atoms with Gasteiger partial charge in [0.1, 0.15) is 6.33 Å². The number of para-hydroxylation sites is 2. The molecule has 22 heavy (non-hydrogen) atoms. The Labute approximate surface area is 125 Å². The molecule has 1 N–H and O–H groups in total. The lowest BCUT2D eigenvalue weighted by Gasteiger charge is -2.29. The van der Waals surface area contributed by atoms with E-state index >= 15 is 0 Å². The minimum absolute atomic E-state index is 0.112. The predicted molar refractivity (Wildman–Crippen MR) is 75.6 cm³/mol. The van der Waals surface area contributed by atoms with Crippen LogP contribution in [-0.2, 0) is 4.79 Å². The van der Waals surface area contributed by atoms with E-state index in [4.69, 9.17) is 0 Å². The number of aromatic nitrogens is 2. The Hall–Kier alpha value is -2.05. The molecule has 2 aromatic rings. The molecule has 0 aliphatic heterocycles. The van der Waals surface area contributed by atoms with Crippen molar-refractivity contribution in [1.82, 2.24) is 9.66 Å². The number of benzene rings is 1. The van der Waals surface area contributed by atoms with Crippen molar-refractivity contribution in [2.75, 3.05) is 5.43 Å². The van der Waals surface area contributed by atoms with Gasteiger partial charge in [0.2, 0.25) is 5.91 Å². The van der Waals surface area contributed by atoms with E-state index in [2.05, 4.69) is 10.4 Å². The van der Waals surface area contributed by atoms with Gasteiger partial charge in [-0.25, -0.2) is 9.66 Å². The summed E-state index contributed by atoms with van der Waals surface area (Å²) in [6.45, 7) is 0. The van der Waals surface area contributed by atoms with Crippen LogP contribution in [0.2, 0.25) is 0 Å². The highest BCUT2D eigenvalue weighted by Gasteiger charge is 2.43. The van der Waals surface area contributed by atoms with Gasteiger partial charge in [0.15, 0.2) is 0 Å². The van der Waals surface area contributed by atoms with Gasteiger partial charge in [0.25, 0.3) is 0 Å². The summed E-state index contributed by atoms with van der Waals surface area (Å²) in [5.74, 6) is -2.37. The van der Waals surface area contributed by atoms with Gasteiger partial charge in [-0.1, -0.05) is 18.6 Å². The van der Waals surface area contributed by atoms with Gasteiger partial charge >= 0.3 is 6.18 Å². The van der Waals surface area contributed by atoms with Crippen LogP contribution in [0.25, 0.3) is 11.0 Å². The fraction of sp³-hybridized carbons (Fsp3) is 0.467. The van der Waals surface area contributed by atoms with Gasteiger partial charge < -0.3 is 0 Å². The molecule has 1 aliphatic carbocycles. The van der Waals surface area contributed by atoms with Gasteiger partial charge in [-0.2, -0.15) is 13.2 Å². The van der Waals surface area contributed by atoms with E-state index in [1.54, 1.807) is 12.1 Å². The van der Waals surface area contributed by atoms with Crippen molar-refractivity contribution >= 4 is 16.9 Å². The maximum atomic E-state index is 12.8. The van der Waals surface area contributed by atoms with Crippen molar-refractivity contribution in [3.63, 3.8) is 0 Å². The zero-order valence-corrected chi connectivity index (χ0v) is 11.8. The summed E-state index contributed by atoms with van der Waals surface area (Å²) in [5.41, 5.74) is 4.10. The van der Waals surface area contributed by atoms with E-state index in [1.165, 1.54) is 11.0 Å². The first-order chi connectivity index (χ1) is 10.4. The zero-order chi connectivity index (χ0) is 15.7. The van der Waals surface area contributed by atoms with Crippen molar-refractivity contribution in [3.8, 4) is 0 Å². The van der Waals surface area contributed by atoms with Crippen LogP contribution in [0.1, 0.15) is 25.7 Å². The van der Waals surface area contributed by atoms with E-state index in [1.807, 2.05) is 12.1 Å². The minimum atomic E-state index is -4.22. The third-order valence-electron chi connectivity index (χ3n) is 4.19. The second-order valence-corrected chi connectivity index (χ2v) is 5.68. The number of nitrogens with one attached hydrogen (secondary N) is 1. The first-order valence-corrected chi connectivity index (χ1v) is 7.25. The zero-order valence-electron chi connectivity index (χ0n) is 11.8. The molecule has 0 bridgehead atoms. The molecular weight excluding hydrogens is 295 g/mol. The summed E-state index contributed by atoms with van der Waals surface area (Å²) in [6.07, 6.45) is -1.87. The Morgan fingerprint density at radius 3 is 2.82 bits per heavy atom. The fourth-order valence-electron chi connectivity index (χ4n) is 2.98. The normalized spacial score (nSPS) is 22.7. The molecule has 118 valence electrons. The molecule has 1 fully saturated rings. The lowest BCUT2D eigenvalue weighted by atomic mass is 9.80. The SMILES string of the molecule is O=C(Nn1cnc2ccccc21)[C@@H]1CCC[C@@H](C(F)(F)F)C1. The van der Waals surface area contributed by atoms with Gasteiger partial charge in [-0.3, -0.25) is 10.2 Å². The summed E-state index contributed by atoms with van der Waals surface area (Å²) in [4.78, 5) is 16.4. The summed E-state index contributed by atoms with van der Waals surface area (Å²) >= 11 is 0. The minimum Gasteiger partial charge on any atom is -0.273 e. The number of fused-ring (bicyclic) bond motifs is 1. The quantitative estimate of drug-likeness (QED) is 0.923. The number of amides is 1. The lowest BCUT2D eigenvalue weighted by molar-refractivity contribution is -0.185. The van der Waals surface area contributed by atoms with E-state index in [0.29, 0.717) is 12.8 Å². The van der Waals surface area contributed by atoms with Crippen LogP contribution in [0.4, 0.5) is 13.2 Å². The monoisotopic (exact) mass is 311 g/mol. The Morgan fingerprint density at radius 1 is 1.27 bits per heavy atom. The molecule has 1 heterocycles. The maximum Gasteiger partial charge on any atom is 0.391 e. The van der Waals surface area contributed by atoms with E-state index in [9.17, 15) is 18.0 Å². The summed E-state index contributed by atoms with van der Waals surface area (Å²) < 4.78 is 39.9. The molecule has 1 amide bonds. The molecule has 3 rings (SSSR count). The number of carbonyl (C=O) groups excluding carboxylic acids is 1. The molecule has 4 nitrogen and oxygen atoms in total. The van der Waals surface area contributed by atoms with Crippen LogP contribution in [0, 0.1) is 11.8 Å². The van der Waals surface area contributed by atoms with Crippen molar-refractivity contribution < 1.29 is 18.0 Å². The molecule has 0 radical (unpaired) electrons. The molecule has 0 spiro atoms. The van der Waals surface area contributed by atoms with Gasteiger partial charge in [0, 0.05) is 5.92 Å². The second-order valence-electron chi connectivity index (χ2n) is 5.68. The van der Waals surface area contributed by atoms with Crippen LogP contribution in [0.5, 0.6) is 0 Å². The van der Waals surface area contributed by atoms with Crippen LogP contribution < -0.4 is 5.43 Å². The molecule has 1 aromatic carbocycles. The number of imidazole rings is 1. The number of alkyl halides is 3. The van der Waals surface area contributed by atoms with Crippen molar-refractivity contribution in [3.05, 3.63) is 30.6 Å². The molecule has 7 heteroatoms. The molecule has 0 unspecified atom stereocenters. The highest BCUT2D eigenvalue weighted by atomic mass is 19.4. The van der Waals surface area contributed by atoms with Crippen LogP contribution >= 0.6 is 0 Å². The van der Waals surface area contributed by atoms with E-state index in [0.717, 1.165) is 11.0 Å². The van der Waals surface area contributed by atoms with E-state index < -0.39 is 18.0 Å². The van der Waals surface area contributed by atoms with Gasteiger partial charge in [-0.15, -0.1) is 0 Å². The average molecular weight is 311 g/mol. The third-order valence-corrected chi connectivity index (χ3v) is 4.19. The average Bonchev–Trinajstić information content (AvgIpc) is 2.90. The van der Waals surface area contributed by atoms with Crippen LogP contribution in [0.15, 0.2) is 30.6 Å². The Balaban J connectivity index is 1.71. The number of rotatable bonds is 2. The number of hydrogen-bond acceptors (Lipinski definition) is 2. The fourth-order valence-corrected chi connectivity index (χ4v) is 2.98. The molecule has 1 saturated carbocycles. The van der Waals surface area contributed by atoms with Crippen molar-refractivity contribution in [1.29, 1.82) is 0 Å². The number of hydrogen-bond donors (Lipinski definition) is 1. The molecule has 1 aromatic heterocycles.